The standard InChI is InChI=1S/C27H38ClN3O4S/c1-6-24(27(33)29-20(2)3)30(18-16-22-11-8-7-9-12-22)26(32)13-10-17-31(36(5,34)35)25-19-23(28)15-14-21(25)4/h7-9,11-12,14-15,19-20,24H,6,10,13,16-18H2,1-5H3,(H,29,33). The van der Waals surface area contributed by atoms with Crippen LogP contribution < -0.4 is 9.62 Å². The second-order valence-electron chi connectivity index (χ2n) is 9.28. The Hall–Kier alpha value is -2.58. The van der Waals surface area contributed by atoms with Crippen LogP contribution in [0.5, 0.6) is 0 Å². The molecular formula is C27H38ClN3O4S. The van der Waals surface area contributed by atoms with Gasteiger partial charge in [0.15, 0.2) is 0 Å². The third-order valence-electron chi connectivity index (χ3n) is 5.89. The van der Waals surface area contributed by atoms with Crippen LogP contribution in [0.3, 0.4) is 0 Å². The van der Waals surface area contributed by atoms with E-state index < -0.39 is 16.1 Å². The smallest absolute Gasteiger partial charge is 0.242 e. The molecule has 0 radical (unpaired) electrons. The summed E-state index contributed by atoms with van der Waals surface area (Å²) in [5.41, 5.74) is 2.35. The SMILES string of the molecule is CCC(C(=O)NC(C)C)N(CCc1ccccc1)C(=O)CCCN(c1cc(Cl)ccc1C)S(C)(=O)=O. The summed E-state index contributed by atoms with van der Waals surface area (Å²) in [5.74, 6) is -0.353. The van der Waals surface area contributed by atoms with Gasteiger partial charge < -0.3 is 10.2 Å². The molecule has 0 aliphatic heterocycles. The first-order chi connectivity index (χ1) is 16.9. The van der Waals surface area contributed by atoms with Crippen molar-refractivity contribution in [3.8, 4) is 0 Å². The summed E-state index contributed by atoms with van der Waals surface area (Å²) >= 11 is 6.12. The Morgan fingerprint density at radius 2 is 1.72 bits per heavy atom. The Bertz CT molecular complexity index is 1120. The van der Waals surface area contributed by atoms with Crippen molar-refractivity contribution >= 4 is 39.1 Å². The van der Waals surface area contributed by atoms with Crippen LogP contribution in [0, 0.1) is 6.92 Å². The summed E-state index contributed by atoms with van der Waals surface area (Å²) in [6.45, 7) is 8.01. The van der Waals surface area contributed by atoms with Crippen LogP contribution in [0.1, 0.15) is 51.2 Å². The minimum Gasteiger partial charge on any atom is -0.352 e. The fourth-order valence-corrected chi connectivity index (χ4v) is 5.29. The summed E-state index contributed by atoms with van der Waals surface area (Å²) in [4.78, 5) is 27.9. The number of anilines is 1. The average molecular weight is 536 g/mol. The Balaban J connectivity index is 2.19. The predicted octanol–water partition coefficient (Wildman–Crippen LogP) is 4.57. The first-order valence-electron chi connectivity index (χ1n) is 12.3. The van der Waals surface area contributed by atoms with Gasteiger partial charge in [-0.15, -0.1) is 0 Å². The number of amides is 2. The molecule has 2 aromatic rings. The van der Waals surface area contributed by atoms with E-state index >= 15 is 0 Å². The highest BCUT2D eigenvalue weighted by Gasteiger charge is 2.29. The summed E-state index contributed by atoms with van der Waals surface area (Å²) in [6.07, 6.45) is 2.67. The maximum Gasteiger partial charge on any atom is 0.242 e. The lowest BCUT2D eigenvalue weighted by Crippen LogP contribution is -2.51. The molecule has 0 saturated heterocycles. The number of nitrogens with zero attached hydrogens (tertiary/aromatic N) is 2. The lowest BCUT2D eigenvalue weighted by molar-refractivity contribution is -0.141. The highest BCUT2D eigenvalue weighted by molar-refractivity contribution is 7.92. The van der Waals surface area contributed by atoms with Gasteiger partial charge in [-0.25, -0.2) is 8.42 Å². The minimum absolute atomic E-state index is 0.0399. The lowest BCUT2D eigenvalue weighted by atomic mass is 10.1. The maximum absolute atomic E-state index is 13.4. The van der Waals surface area contributed by atoms with Crippen LogP contribution in [0.25, 0.3) is 0 Å². The Labute approximate surface area is 220 Å². The van der Waals surface area contributed by atoms with E-state index in [-0.39, 0.29) is 30.8 Å². The van der Waals surface area contributed by atoms with Crippen LogP contribution in [0.2, 0.25) is 5.02 Å². The van der Waals surface area contributed by atoms with Gasteiger partial charge in [0.1, 0.15) is 6.04 Å². The van der Waals surface area contributed by atoms with Crippen molar-refractivity contribution < 1.29 is 18.0 Å². The molecule has 0 bridgehead atoms. The molecule has 1 atom stereocenters. The molecule has 36 heavy (non-hydrogen) atoms. The van der Waals surface area contributed by atoms with Crippen LogP contribution in [0.4, 0.5) is 5.69 Å². The molecule has 2 amide bonds. The van der Waals surface area contributed by atoms with Gasteiger partial charge in [-0.2, -0.15) is 0 Å². The second-order valence-corrected chi connectivity index (χ2v) is 11.6. The first-order valence-corrected chi connectivity index (χ1v) is 14.5. The first kappa shape index (κ1) is 29.6. The van der Waals surface area contributed by atoms with E-state index in [1.54, 1.807) is 23.1 Å². The van der Waals surface area contributed by atoms with Crippen LogP contribution in [-0.2, 0) is 26.0 Å². The van der Waals surface area contributed by atoms with Gasteiger partial charge >= 0.3 is 0 Å². The highest BCUT2D eigenvalue weighted by atomic mass is 35.5. The van der Waals surface area contributed by atoms with Crippen molar-refractivity contribution in [2.75, 3.05) is 23.7 Å². The Morgan fingerprint density at radius 1 is 1.06 bits per heavy atom. The van der Waals surface area contributed by atoms with E-state index in [0.29, 0.717) is 36.5 Å². The highest BCUT2D eigenvalue weighted by Crippen LogP contribution is 2.27. The molecule has 7 nitrogen and oxygen atoms in total. The summed E-state index contributed by atoms with van der Waals surface area (Å²) < 4.78 is 26.4. The molecule has 1 unspecified atom stereocenters. The Kier molecular flexibility index (Phi) is 11.2. The molecule has 2 rings (SSSR count). The molecule has 0 heterocycles. The zero-order valence-electron chi connectivity index (χ0n) is 21.8. The van der Waals surface area contributed by atoms with Crippen LogP contribution >= 0.6 is 11.6 Å². The molecule has 0 aliphatic rings. The molecule has 2 aromatic carbocycles. The molecular weight excluding hydrogens is 498 g/mol. The van der Waals surface area contributed by atoms with Crippen molar-refractivity contribution in [1.82, 2.24) is 10.2 Å². The maximum atomic E-state index is 13.4. The quantitative estimate of drug-likeness (QED) is 0.407. The van der Waals surface area contributed by atoms with Crippen molar-refractivity contribution in [2.45, 2.75) is 65.5 Å². The summed E-state index contributed by atoms with van der Waals surface area (Å²) in [6, 6.07) is 14.3. The topological polar surface area (TPSA) is 86.8 Å². The van der Waals surface area contributed by atoms with Gasteiger partial charge in [0.05, 0.1) is 11.9 Å². The lowest BCUT2D eigenvalue weighted by Gasteiger charge is -2.31. The number of hydrogen-bond acceptors (Lipinski definition) is 4. The van der Waals surface area contributed by atoms with Gasteiger partial charge in [0, 0.05) is 30.6 Å². The van der Waals surface area contributed by atoms with Crippen molar-refractivity contribution in [3.63, 3.8) is 0 Å². The van der Waals surface area contributed by atoms with Gasteiger partial charge in [0.2, 0.25) is 21.8 Å². The predicted molar refractivity (Wildman–Crippen MR) is 147 cm³/mol. The van der Waals surface area contributed by atoms with E-state index in [9.17, 15) is 18.0 Å². The van der Waals surface area contributed by atoms with E-state index in [4.69, 9.17) is 11.6 Å². The average Bonchev–Trinajstić information content (AvgIpc) is 2.80. The van der Waals surface area contributed by atoms with E-state index in [1.165, 1.54) is 4.31 Å². The zero-order chi connectivity index (χ0) is 26.9. The number of hydrogen-bond donors (Lipinski definition) is 1. The largest absolute Gasteiger partial charge is 0.352 e. The number of rotatable bonds is 13. The van der Waals surface area contributed by atoms with E-state index in [0.717, 1.165) is 17.4 Å². The number of aryl methyl sites for hydroxylation is 1. The third kappa shape index (κ3) is 8.82. The molecule has 0 aliphatic carbocycles. The number of benzene rings is 2. The molecule has 0 saturated carbocycles. The minimum atomic E-state index is -3.58. The van der Waals surface area contributed by atoms with Crippen molar-refractivity contribution in [1.29, 1.82) is 0 Å². The van der Waals surface area contributed by atoms with E-state index in [1.807, 2.05) is 58.0 Å². The van der Waals surface area contributed by atoms with Gasteiger partial charge in [-0.3, -0.25) is 13.9 Å². The molecule has 0 spiro atoms. The Morgan fingerprint density at radius 3 is 2.31 bits per heavy atom. The number of nitrogens with one attached hydrogen (secondary N) is 1. The second kappa shape index (κ2) is 13.7. The summed E-state index contributed by atoms with van der Waals surface area (Å²) in [5, 5.41) is 3.36. The van der Waals surface area contributed by atoms with Crippen LogP contribution in [0.15, 0.2) is 48.5 Å². The summed E-state index contributed by atoms with van der Waals surface area (Å²) in [7, 11) is -3.58. The molecule has 198 valence electrons. The molecule has 0 fully saturated rings. The number of sulfonamides is 1. The number of halogens is 1. The van der Waals surface area contributed by atoms with Crippen LogP contribution in [-0.4, -0.2) is 56.6 Å². The van der Waals surface area contributed by atoms with Crippen molar-refractivity contribution in [2.24, 2.45) is 0 Å². The molecule has 1 N–H and O–H groups in total. The molecule has 0 aromatic heterocycles. The van der Waals surface area contributed by atoms with Gasteiger partial charge in [-0.05, 0) is 63.3 Å². The molecule has 9 heteroatoms. The fourth-order valence-electron chi connectivity index (χ4n) is 4.11. The number of carbonyl (C=O) groups is 2. The third-order valence-corrected chi connectivity index (χ3v) is 7.31. The fraction of sp³-hybridized carbons (Fsp3) is 0.481. The normalized spacial score (nSPS) is 12.3. The van der Waals surface area contributed by atoms with E-state index in [2.05, 4.69) is 5.32 Å². The van der Waals surface area contributed by atoms with Crippen molar-refractivity contribution in [3.05, 3.63) is 64.7 Å². The van der Waals surface area contributed by atoms with Gasteiger partial charge in [-0.1, -0.05) is 54.9 Å². The number of carbonyl (C=O) groups excluding carboxylic acids is 2. The van der Waals surface area contributed by atoms with Gasteiger partial charge in [0.25, 0.3) is 0 Å². The monoisotopic (exact) mass is 535 g/mol. The zero-order valence-corrected chi connectivity index (χ0v) is 23.4.